The molecule has 0 fully saturated rings. The van der Waals surface area contributed by atoms with Crippen molar-refractivity contribution in [2.45, 2.75) is 36.0 Å². The second-order valence-electron chi connectivity index (χ2n) is 6.12. The molecule has 1 aliphatic rings. The van der Waals surface area contributed by atoms with Crippen LogP contribution in [0.1, 0.15) is 36.5 Å². The molecule has 0 saturated heterocycles. The molecule has 1 unspecified atom stereocenters. The van der Waals surface area contributed by atoms with E-state index < -0.39 is 0 Å². The summed E-state index contributed by atoms with van der Waals surface area (Å²) < 4.78 is 5.57. The number of thioether (sulfide) groups is 1. The lowest BCUT2D eigenvalue weighted by molar-refractivity contribution is 0.398. The Morgan fingerprint density at radius 2 is 1.81 bits per heavy atom. The molecule has 2 aromatic carbocycles. The van der Waals surface area contributed by atoms with Crippen molar-refractivity contribution < 1.29 is 4.74 Å². The molecule has 21 heavy (non-hydrogen) atoms. The third-order valence-electron chi connectivity index (χ3n) is 4.02. The summed E-state index contributed by atoms with van der Waals surface area (Å²) in [5.41, 5.74) is 10.2. The molecule has 3 heteroatoms. The van der Waals surface area contributed by atoms with E-state index >= 15 is 0 Å². The summed E-state index contributed by atoms with van der Waals surface area (Å²) in [6.45, 7) is 4.21. The summed E-state index contributed by atoms with van der Waals surface area (Å²) in [5, 5.41) is 0. The van der Waals surface area contributed by atoms with Gasteiger partial charge >= 0.3 is 0 Å². The van der Waals surface area contributed by atoms with E-state index in [0.717, 1.165) is 11.5 Å². The average molecular weight is 299 g/mol. The second-order valence-corrected chi connectivity index (χ2v) is 7.11. The highest BCUT2D eigenvalue weighted by atomic mass is 32.2. The molecule has 0 saturated carbocycles. The predicted octanol–water partition coefficient (Wildman–Crippen LogP) is 4.17. The van der Waals surface area contributed by atoms with Gasteiger partial charge in [0.1, 0.15) is 5.75 Å². The molecule has 1 heterocycles. The van der Waals surface area contributed by atoms with Crippen LogP contribution in [0.3, 0.4) is 0 Å². The fraction of sp³-hybridized carbons (Fsp3) is 0.333. The van der Waals surface area contributed by atoms with Crippen LogP contribution < -0.4 is 10.5 Å². The molecule has 2 aromatic rings. The maximum Gasteiger partial charge on any atom is 0.132 e. The van der Waals surface area contributed by atoms with E-state index in [0.29, 0.717) is 0 Å². The summed E-state index contributed by atoms with van der Waals surface area (Å²) >= 11 is 1.84. The Hall–Kier alpha value is -1.45. The van der Waals surface area contributed by atoms with Crippen molar-refractivity contribution in [3.63, 3.8) is 0 Å². The molecule has 3 rings (SSSR count). The highest BCUT2D eigenvalue weighted by Crippen LogP contribution is 2.47. The molecule has 110 valence electrons. The topological polar surface area (TPSA) is 35.2 Å². The van der Waals surface area contributed by atoms with Crippen molar-refractivity contribution >= 4 is 11.8 Å². The number of benzene rings is 2. The first kappa shape index (κ1) is 14.5. The summed E-state index contributed by atoms with van der Waals surface area (Å²) in [5.74, 6) is 2.07. The number of fused-ring (bicyclic) bond motifs is 2. The summed E-state index contributed by atoms with van der Waals surface area (Å²) in [6, 6.07) is 14.9. The Kier molecular flexibility index (Phi) is 3.72. The molecule has 0 amide bonds. The monoisotopic (exact) mass is 299 g/mol. The summed E-state index contributed by atoms with van der Waals surface area (Å²) in [4.78, 5) is 1.22. The zero-order valence-corrected chi connectivity index (χ0v) is 13.5. The highest BCUT2D eigenvalue weighted by Gasteiger charge is 2.34. The van der Waals surface area contributed by atoms with Gasteiger partial charge in [-0.05, 0) is 36.6 Å². The Morgan fingerprint density at radius 1 is 1.10 bits per heavy atom. The molecule has 0 aromatic heterocycles. The third-order valence-corrected chi connectivity index (χ3v) is 5.20. The SMILES string of the molecule is COc1cccc2c1SCc1ccccc1C2C(C)(C)N. The normalized spacial score (nSPS) is 17.6. The third kappa shape index (κ3) is 2.56. The van der Waals surface area contributed by atoms with Gasteiger partial charge in [-0.1, -0.05) is 36.4 Å². The van der Waals surface area contributed by atoms with E-state index in [2.05, 4.69) is 50.2 Å². The number of nitrogens with two attached hydrogens (primary N) is 1. The Labute approximate surface area is 130 Å². The molecular weight excluding hydrogens is 278 g/mol. The van der Waals surface area contributed by atoms with E-state index in [4.69, 9.17) is 10.5 Å². The highest BCUT2D eigenvalue weighted by molar-refractivity contribution is 7.98. The largest absolute Gasteiger partial charge is 0.496 e. The lowest BCUT2D eigenvalue weighted by Crippen LogP contribution is -2.40. The van der Waals surface area contributed by atoms with Crippen LogP contribution >= 0.6 is 11.8 Å². The van der Waals surface area contributed by atoms with Crippen LogP contribution in [0.25, 0.3) is 0 Å². The molecule has 1 aliphatic heterocycles. The van der Waals surface area contributed by atoms with Crippen LogP contribution in [0.4, 0.5) is 0 Å². The Morgan fingerprint density at radius 3 is 2.52 bits per heavy atom. The first-order valence-corrected chi connectivity index (χ1v) is 8.17. The van der Waals surface area contributed by atoms with Crippen LogP contribution in [0.5, 0.6) is 5.75 Å². The molecule has 0 radical (unpaired) electrons. The Balaban J connectivity index is 2.27. The lowest BCUT2D eigenvalue weighted by Gasteiger charge is -2.32. The molecule has 1 atom stereocenters. The van der Waals surface area contributed by atoms with Crippen molar-refractivity contribution in [3.8, 4) is 5.75 Å². The van der Waals surface area contributed by atoms with Gasteiger partial charge in [0.2, 0.25) is 0 Å². The van der Waals surface area contributed by atoms with Gasteiger partial charge in [-0.3, -0.25) is 0 Å². The molecule has 0 bridgehead atoms. The molecule has 0 aliphatic carbocycles. The van der Waals surface area contributed by atoms with Gasteiger partial charge in [-0.25, -0.2) is 0 Å². The smallest absolute Gasteiger partial charge is 0.132 e. The van der Waals surface area contributed by atoms with Crippen molar-refractivity contribution in [1.82, 2.24) is 0 Å². The van der Waals surface area contributed by atoms with Crippen molar-refractivity contribution in [2.24, 2.45) is 5.73 Å². The van der Waals surface area contributed by atoms with Crippen LogP contribution in [-0.4, -0.2) is 12.6 Å². The molecular formula is C18H21NOS. The maximum absolute atomic E-state index is 6.55. The van der Waals surface area contributed by atoms with E-state index in [1.165, 1.54) is 21.6 Å². The standard InChI is InChI=1S/C18H21NOS/c1-18(2,19)16-13-8-5-4-7-12(13)11-21-17-14(16)9-6-10-15(17)20-3/h4-10,16H,11,19H2,1-3H3. The quantitative estimate of drug-likeness (QED) is 0.904. The van der Waals surface area contributed by atoms with Crippen LogP contribution in [0, 0.1) is 0 Å². The maximum atomic E-state index is 6.55. The van der Waals surface area contributed by atoms with Crippen LogP contribution in [0.15, 0.2) is 47.4 Å². The predicted molar refractivity (Wildman–Crippen MR) is 89.1 cm³/mol. The number of hydrogen-bond donors (Lipinski definition) is 1. The van der Waals surface area contributed by atoms with Gasteiger partial charge in [0.05, 0.1) is 12.0 Å². The van der Waals surface area contributed by atoms with E-state index in [1.54, 1.807) is 7.11 Å². The fourth-order valence-corrected chi connectivity index (χ4v) is 4.35. The zero-order chi connectivity index (χ0) is 15.0. The van der Waals surface area contributed by atoms with E-state index in [9.17, 15) is 0 Å². The molecule has 2 nitrogen and oxygen atoms in total. The van der Waals surface area contributed by atoms with Crippen LogP contribution in [-0.2, 0) is 5.75 Å². The van der Waals surface area contributed by atoms with Gasteiger partial charge in [-0.15, -0.1) is 11.8 Å². The first-order chi connectivity index (χ1) is 10.0. The number of methoxy groups -OCH3 is 1. The van der Waals surface area contributed by atoms with E-state index in [1.807, 2.05) is 17.8 Å². The minimum Gasteiger partial charge on any atom is -0.496 e. The number of rotatable bonds is 2. The average Bonchev–Trinajstić information content (AvgIpc) is 2.62. The summed E-state index contributed by atoms with van der Waals surface area (Å²) in [6.07, 6.45) is 0. The van der Waals surface area contributed by atoms with Gasteiger partial charge in [-0.2, -0.15) is 0 Å². The minimum atomic E-state index is -0.331. The van der Waals surface area contributed by atoms with Gasteiger partial charge in [0.25, 0.3) is 0 Å². The second kappa shape index (κ2) is 5.39. The molecule has 0 spiro atoms. The van der Waals surface area contributed by atoms with Gasteiger partial charge in [0, 0.05) is 17.2 Å². The van der Waals surface area contributed by atoms with Gasteiger partial charge < -0.3 is 10.5 Å². The first-order valence-electron chi connectivity index (χ1n) is 7.18. The van der Waals surface area contributed by atoms with E-state index in [-0.39, 0.29) is 11.5 Å². The Bertz CT molecular complexity index is 661. The van der Waals surface area contributed by atoms with Crippen LogP contribution in [0.2, 0.25) is 0 Å². The van der Waals surface area contributed by atoms with Crippen molar-refractivity contribution in [1.29, 1.82) is 0 Å². The van der Waals surface area contributed by atoms with Gasteiger partial charge in [0.15, 0.2) is 0 Å². The number of ether oxygens (including phenoxy) is 1. The minimum absolute atomic E-state index is 0.175. The van der Waals surface area contributed by atoms with Crippen molar-refractivity contribution in [3.05, 3.63) is 59.2 Å². The lowest BCUT2D eigenvalue weighted by atomic mass is 9.76. The zero-order valence-electron chi connectivity index (χ0n) is 12.7. The van der Waals surface area contributed by atoms with Crippen molar-refractivity contribution in [2.75, 3.05) is 7.11 Å². The fourth-order valence-electron chi connectivity index (χ4n) is 3.14. The summed E-state index contributed by atoms with van der Waals surface area (Å²) in [7, 11) is 1.73. The molecule has 2 N–H and O–H groups in total. The number of hydrogen-bond acceptors (Lipinski definition) is 3.